The number of hydrogen-bond donors (Lipinski definition) is 1. The molecule has 0 unspecified atom stereocenters. The molecule has 1 N–H and O–H groups in total. The number of rotatable bonds is 3. The second kappa shape index (κ2) is 5.59. The minimum absolute atomic E-state index is 0.0926. The molecule has 0 heterocycles. The maximum atomic E-state index is 13.7. The van der Waals surface area contributed by atoms with Crippen LogP contribution in [0.25, 0.3) is 0 Å². The normalized spacial score (nSPS) is 10.3. The Labute approximate surface area is 121 Å². The van der Waals surface area contributed by atoms with Crippen LogP contribution in [0.2, 0.25) is 5.02 Å². The smallest absolute Gasteiger partial charge is 0.335 e. The van der Waals surface area contributed by atoms with Gasteiger partial charge in [-0.3, -0.25) is 0 Å². The van der Waals surface area contributed by atoms with Crippen molar-refractivity contribution in [3.8, 4) is 11.5 Å². The van der Waals surface area contributed by atoms with E-state index in [-0.39, 0.29) is 17.1 Å². The lowest BCUT2D eigenvalue weighted by Crippen LogP contribution is -1.98. The van der Waals surface area contributed by atoms with E-state index in [0.29, 0.717) is 5.02 Å². The summed E-state index contributed by atoms with van der Waals surface area (Å²) in [5.41, 5.74) is -0.148. The Balaban J connectivity index is 2.33. The molecule has 2 aromatic rings. The van der Waals surface area contributed by atoms with Crippen molar-refractivity contribution in [2.75, 3.05) is 0 Å². The Morgan fingerprint density at radius 3 is 2.58 bits per heavy atom. The second-order valence-corrected chi connectivity index (χ2v) is 4.95. The van der Waals surface area contributed by atoms with Crippen LogP contribution in [0.4, 0.5) is 4.39 Å². The number of hydrogen-bond acceptors (Lipinski definition) is 2. The van der Waals surface area contributed by atoms with Gasteiger partial charge in [0, 0.05) is 4.47 Å². The van der Waals surface area contributed by atoms with Crippen molar-refractivity contribution >= 4 is 33.5 Å². The lowest BCUT2D eigenvalue weighted by molar-refractivity contribution is 0.0696. The van der Waals surface area contributed by atoms with E-state index in [2.05, 4.69) is 15.9 Å². The molecule has 0 spiro atoms. The second-order valence-electron chi connectivity index (χ2n) is 3.63. The highest BCUT2D eigenvalue weighted by atomic mass is 79.9. The molecule has 98 valence electrons. The molecule has 0 saturated heterocycles. The third-order valence-corrected chi connectivity index (χ3v) is 3.10. The highest BCUT2D eigenvalue weighted by Crippen LogP contribution is 2.33. The van der Waals surface area contributed by atoms with Crippen molar-refractivity contribution in [1.82, 2.24) is 0 Å². The van der Waals surface area contributed by atoms with Crippen LogP contribution in [0.15, 0.2) is 40.9 Å². The van der Waals surface area contributed by atoms with Crippen LogP contribution in [-0.4, -0.2) is 11.1 Å². The van der Waals surface area contributed by atoms with Gasteiger partial charge in [-0.1, -0.05) is 27.5 Å². The zero-order chi connectivity index (χ0) is 14.0. The Bertz CT molecular complexity index is 646. The summed E-state index contributed by atoms with van der Waals surface area (Å²) in [6, 6.07) is 8.31. The fourth-order valence-corrected chi connectivity index (χ4v) is 1.89. The fraction of sp³-hybridized carbons (Fsp3) is 0. The Hall–Kier alpha value is -1.59. The molecule has 2 aromatic carbocycles. The van der Waals surface area contributed by atoms with Crippen LogP contribution in [0, 0.1) is 5.82 Å². The maximum absolute atomic E-state index is 13.7. The number of carboxylic acid groups (broad SMARTS) is 1. The van der Waals surface area contributed by atoms with Gasteiger partial charge in [-0.2, -0.15) is 0 Å². The predicted octanol–water partition coefficient (Wildman–Crippen LogP) is 4.73. The molecular formula is C13H7BrClFO3. The molecule has 2 rings (SSSR count). The molecule has 6 heteroatoms. The molecule has 0 atom stereocenters. The average Bonchev–Trinajstić information content (AvgIpc) is 2.36. The van der Waals surface area contributed by atoms with E-state index in [1.807, 2.05) is 0 Å². The molecule has 0 bridgehead atoms. The van der Waals surface area contributed by atoms with Gasteiger partial charge in [0.15, 0.2) is 11.6 Å². The maximum Gasteiger partial charge on any atom is 0.335 e. The molecule has 0 amide bonds. The van der Waals surface area contributed by atoms with Gasteiger partial charge in [0.2, 0.25) is 0 Å². The summed E-state index contributed by atoms with van der Waals surface area (Å²) in [6.45, 7) is 0. The quantitative estimate of drug-likeness (QED) is 0.874. The zero-order valence-electron chi connectivity index (χ0n) is 9.36. The van der Waals surface area contributed by atoms with Gasteiger partial charge in [0.1, 0.15) is 5.75 Å². The first-order chi connectivity index (χ1) is 8.97. The van der Waals surface area contributed by atoms with Gasteiger partial charge in [-0.25, -0.2) is 9.18 Å². The highest BCUT2D eigenvalue weighted by Gasteiger charge is 2.11. The summed E-state index contributed by atoms with van der Waals surface area (Å²) in [5.74, 6) is -1.79. The molecule has 19 heavy (non-hydrogen) atoms. The zero-order valence-corrected chi connectivity index (χ0v) is 11.7. The Morgan fingerprint density at radius 2 is 1.95 bits per heavy atom. The summed E-state index contributed by atoms with van der Waals surface area (Å²) in [4.78, 5) is 10.7. The molecule has 0 aliphatic carbocycles. The first-order valence-electron chi connectivity index (χ1n) is 5.13. The number of halogens is 3. The average molecular weight is 346 g/mol. The van der Waals surface area contributed by atoms with E-state index >= 15 is 0 Å². The van der Waals surface area contributed by atoms with E-state index in [9.17, 15) is 9.18 Å². The molecule has 0 radical (unpaired) electrons. The van der Waals surface area contributed by atoms with Crippen LogP contribution >= 0.6 is 27.5 Å². The monoisotopic (exact) mass is 344 g/mol. The van der Waals surface area contributed by atoms with E-state index < -0.39 is 11.8 Å². The fourth-order valence-electron chi connectivity index (χ4n) is 1.39. The van der Waals surface area contributed by atoms with Gasteiger partial charge < -0.3 is 9.84 Å². The minimum Gasteiger partial charge on any atom is -0.478 e. The first-order valence-corrected chi connectivity index (χ1v) is 6.30. The predicted molar refractivity (Wildman–Crippen MR) is 72.6 cm³/mol. The molecule has 0 aromatic heterocycles. The Kier molecular flexibility index (Phi) is 4.07. The Morgan fingerprint density at radius 1 is 1.21 bits per heavy atom. The molecule has 0 aliphatic rings. The molecule has 0 fully saturated rings. The van der Waals surface area contributed by atoms with Gasteiger partial charge in [-0.05, 0) is 36.4 Å². The third-order valence-electron chi connectivity index (χ3n) is 2.29. The van der Waals surface area contributed by atoms with Gasteiger partial charge in [-0.15, -0.1) is 0 Å². The number of carboxylic acids is 1. The lowest BCUT2D eigenvalue weighted by Gasteiger charge is -2.09. The van der Waals surface area contributed by atoms with E-state index in [4.69, 9.17) is 21.4 Å². The molecule has 0 saturated carbocycles. The van der Waals surface area contributed by atoms with Crippen LogP contribution in [0.1, 0.15) is 10.4 Å². The van der Waals surface area contributed by atoms with Gasteiger partial charge in [0.25, 0.3) is 0 Å². The lowest BCUT2D eigenvalue weighted by atomic mass is 10.2. The van der Waals surface area contributed by atoms with E-state index in [0.717, 1.165) is 10.5 Å². The largest absolute Gasteiger partial charge is 0.478 e. The van der Waals surface area contributed by atoms with E-state index in [1.165, 1.54) is 12.1 Å². The van der Waals surface area contributed by atoms with Gasteiger partial charge >= 0.3 is 5.97 Å². The number of aromatic carboxylic acids is 1. The number of carbonyl (C=O) groups is 1. The van der Waals surface area contributed by atoms with E-state index in [1.54, 1.807) is 18.2 Å². The first kappa shape index (κ1) is 13.8. The number of benzene rings is 2. The van der Waals surface area contributed by atoms with Crippen LogP contribution < -0.4 is 4.74 Å². The highest BCUT2D eigenvalue weighted by molar-refractivity contribution is 9.10. The minimum atomic E-state index is -1.20. The summed E-state index contributed by atoms with van der Waals surface area (Å²) >= 11 is 9.17. The van der Waals surface area contributed by atoms with Crippen molar-refractivity contribution in [2.24, 2.45) is 0 Å². The summed E-state index contributed by atoms with van der Waals surface area (Å²) in [7, 11) is 0. The summed E-state index contributed by atoms with van der Waals surface area (Å²) < 4.78 is 19.7. The van der Waals surface area contributed by atoms with Crippen molar-refractivity contribution in [3.05, 3.63) is 57.3 Å². The van der Waals surface area contributed by atoms with Crippen LogP contribution in [0.5, 0.6) is 11.5 Å². The van der Waals surface area contributed by atoms with Crippen molar-refractivity contribution < 1.29 is 19.0 Å². The van der Waals surface area contributed by atoms with Crippen LogP contribution in [0.3, 0.4) is 0 Å². The SMILES string of the molecule is O=C(O)c1ccc(Oc2cc(Br)ccc2Cl)c(F)c1. The van der Waals surface area contributed by atoms with Crippen molar-refractivity contribution in [3.63, 3.8) is 0 Å². The van der Waals surface area contributed by atoms with Gasteiger partial charge in [0.05, 0.1) is 10.6 Å². The number of ether oxygens (including phenoxy) is 1. The molecule has 0 aliphatic heterocycles. The molecular weight excluding hydrogens is 338 g/mol. The summed E-state index contributed by atoms with van der Waals surface area (Å²) in [5, 5.41) is 9.06. The summed E-state index contributed by atoms with van der Waals surface area (Å²) in [6.07, 6.45) is 0. The molecule has 3 nitrogen and oxygen atoms in total. The standard InChI is InChI=1S/C13H7BrClFO3/c14-8-2-3-9(15)12(6-8)19-11-4-1-7(13(17)18)5-10(11)16/h1-6H,(H,17,18). The van der Waals surface area contributed by atoms with Crippen molar-refractivity contribution in [2.45, 2.75) is 0 Å². The van der Waals surface area contributed by atoms with Crippen molar-refractivity contribution in [1.29, 1.82) is 0 Å². The van der Waals surface area contributed by atoms with Crippen LogP contribution in [-0.2, 0) is 0 Å². The third kappa shape index (κ3) is 3.24. The topological polar surface area (TPSA) is 46.5 Å².